The van der Waals surface area contributed by atoms with Gasteiger partial charge in [0.2, 0.25) is 5.91 Å². The van der Waals surface area contributed by atoms with Crippen LogP contribution in [0.4, 0.5) is 0 Å². The summed E-state index contributed by atoms with van der Waals surface area (Å²) in [7, 11) is 0. The molecule has 1 saturated carbocycles. The summed E-state index contributed by atoms with van der Waals surface area (Å²) in [4.78, 5) is 12.2. The van der Waals surface area contributed by atoms with Crippen LogP contribution in [-0.2, 0) is 9.53 Å². The second-order valence-electron chi connectivity index (χ2n) is 6.26. The van der Waals surface area contributed by atoms with Crippen molar-refractivity contribution in [3.63, 3.8) is 0 Å². The van der Waals surface area contributed by atoms with Crippen molar-refractivity contribution in [2.45, 2.75) is 70.4 Å². The third-order valence-electron chi connectivity index (χ3n) is 4.54. The largest absolute Gasteiger partial charge is 0.381 e. The Morgan fingerprint density at radius 3 is 2.57 bits per heavy atom. The summed E-state index contributed by atoms with van der Waals surface area (Å²) < 4.78 is 5.31. The highest BCUT2D eigenvalue weighted by Gasteiger charge is 2.21. The Hall–Kier alpha value is -0.970. The van der Waals surface area contributed by atoms with Gasteiger partial charge < -0.3 is 10.1 Å². The van der Waals surface area contributed by atoms with E-state index >= 15 is 0 Å². The lowest BCUT2D eigenvalue weighted by Crippen LogP contribution is -2.43. The van der Waals surface area contributed by atoms with E-state index in [-0.39, 0.29) is 18.0 Å². The van der Waals surface area contributed by atoms with Gasteiger partial charge in [0.25, 0.3) is 0 Å². The molecule has 1 aliphatic carbocycles. The van der Waals surface area contributed by atoms with Gasteiger partial charge in [-0.1, -0.05) is 26.2 Å². The fourth-order valence-electron chi connectivity index (χ4n) is 3.09. The number of carbonyl (C=O) groups is 1. The molecule has 0 aromatic rings. The predicted octanol–water partition coefficient (Wildman–Crippen LogP) is 3.09. The zero-order valence-corrected chi connectivity index (χ0v) is 13.2. The van der Waals surface area contributed by atoms with E-state index < -0.39 is 0 Å². The number of carbonyl (C=O) groups excluding carboxylic acids is 1. The van der Waals surface area contributed by atoms with E-state index in [1.807, 2.05) is 6.92 Å². The molecule has 1 atom stereocenters. The molecule has 1 aliphatic heterocycles. The highest BCUT2D eigenvalue weighted by molar-refractivity contribution is 5.82. The summed E-state index contributed by atoms with van der Waals surface area (Å²) >= 11 is 0. The van der Waals surface area contributed by atoms with Crippen LogP contribution in [0.2, 0.25) is 0 Å². The third kappa shape index (κ3) is 5.73. The summed E-state index contributed by atoms with van der Waals surface area (Å²) in [5.74, 6) is 0.704. The number of hydrogen-bond acceptors (Lipinski definition) is 4. The van der Waals surface area contributed by atoms with E-state index in [0.29, 0.717) is 12.3 Å². The van der Waals surface area contributed by atoms with Gasteiger partial charge in [-0.2, -0.15) is 10.2 Å². The first kappa shape index (κ1) is 16.4. The Labute approximate surface area is 127 Å². The first-order valence-electron chi connectivity index (χ1n) is 8.54. The molecule has 1 saturated heterocycles. The van der Waals surface area contributed by atoms with Crippen molar-refractivity contribution < 1.29 is 9.53 Å². The minimum absolute atomic E-state index is 0.0248. The number of azo groups is 1. The average Bonchev–Trinajstić information content (AvgIpc) is 2.53. The lowest BCUT2D eigenvalue weighted by molar-refractivity contribution is -0.123. The molecule has 5 heteroatoms. The Kier molecular flexibility index (Phi) is 7.13. The maximum atomic E-state index is 12.2. The van der Waals surface area contributed by atoms with E-state index in [1.165, 1.54) is 32.1 Å². The van der Waals surface area contributed by atoms with Crippen LogP contribution < -0.4 is 5.32 Å². The van der Waals surface area contributed by atoms with E-state index in [4.69, 9.17) is 4.74 Å². The van der Waals surface area contributed by atoms with Crippen molar-refractivity contribution in [2.75, 3.05) is 19.8 Å². The van der Waals surface area contributed by atoms with Gasteiger partial charge in [-0.25, -0.2) is 0 Å². The molecular formula is C16H29N3O2. The molecule has 2 fully saturated rings. The van der Waals surface area contributed by atoms with Crippen molar-refractivity contribution in [1.82, 2.24) is 5.32 Å². The van der Waals surface area contributed by atoms with Crippen LogP contribution in [0, 0.1) is 5.92 Å². The summed E-state index contributed by atoms with van der Waals surface area (Å²) in [6.45, 7) is 4.27. The monoisotopic (exact) mass is 295 g/mol. The van der Waals surface area contributed by atoms with Crippen LogP contribution in [0.3, 0.4) is 0 Å². The predicted molar refractivity (Wildman–Crippen MR) is 82.4 cm³/mol. The molecule has 21 heavy (non-hydrogen) atoms. The van der Waals surface area contributed by atoms with Gasteiger partial charge >= 0.3 is 0 Å². The second kappa shape index (κ2) is 9.13. The van der Waals surface area contributed by atoms with Crippen molar-refractivity contribution in [2.24, 2.45) is 16.1 Å². The second-order valence-corrected chi connectivity index (χ2v) is 6.26. The zero-order valence-electron chi connectivity index (χ0n) is 13.2. The molecule has 0 aromatic carbocycles. The van der Waals surface area contributed by atoms with Crippen molar-refractivity contribution in [1.29, 1.82) is 0 Å². The maximum Gasteiger partial charge on any atom is 0.246 e. The Morgan fingerprint density at radius 2 is 1.90 bits per heavy atom. The molecular weight excluding hydrogens is 266 g/mol. The molecule has 2 rings (SSSR count). The van der Waals surface area contributed by atoms with E-state index in [1.54, 1.807) is 0 Å². The topological polar surface area (TPSA) is 63.0 Å². The lowest BCUT2D eigenvalue weighted by atomic mass is 9.89. The van der Waals surface area contributed by atoms with E-state index in [0.717, 1.165) is 32.6 Å². The number of ether oxygens (including phenoxy) is 1. The SMILES string of the molecule is CCC(N=NCC1CCCCC1)C(=O)NC1CCOCC1. The molecule has 2 aliphatic rings. The molecule has 0 radical (unpaired) electrons. The third-order valence-corrected chi connectivity index (χ3v) is 4.54. The van der Waals surface area contributed by atoms with Gasteiger partial charge in [0.1, 0.15) is 6.04 Å². The molecule has 0 bridgehead atoms. The van der Waals surface area contributed by atoms with Crippen LogP contribution in [0.5, 0.6) is 0 Å². The molecule has 1 N–H and O–H groups in total. The molecule has 5 nitrogen and oxygen atoms in total. The van der Waals surface area contributed by atoms with Crippen molar-refractivity contribution in [3.8, 4) is 0 Å². The van der Waals surface area contributed by atoms with Crippen molar-refractivity contribution in [3.05, 3.63) is 0 Å². The summed E-state index contributed by atoms with van der Waals surface area (Å²) in [5, 5.41) is 11.7. The van der Waals surface area contributed by atoms with Crippen LogP contribution in [0.1, 0.15) is 58.3 Å². The average molecular weight is 295 g/mol. The van der Waals surface area contributed by atoms with Crippen molar-refractivity contribution >= 4 is 5.91 Å². The van der Waals surface area contributed by atoms with E-state index in [9.17, 15) is 4.79 Å². The van der Waals surface area contributed by atoms with E-state index in [2.05, 4.69) is 15.5 Å². The minimum atomic E-state index is -0.323. The molecule has 0 aromatic heterocycles. The number of rotatable bonds is 6. The minimum Gasteiger partial charge on any atom is -0.381 e. The molecule has 120 valence electrons. The number of nitrogens with one attached hydrogen (secondary N) is 1. The Morgan fingerprint density at radius 1 is 1.19 bits per heavy atom. The summed E-state index contributed by atoms with van der Waals surface area (Å²) in [6.07, 6.45) is 9.06. The fourth-order valence-corrected chi connectivity index (χ4v) is 3.09. The highest BCUT2D eigenvalue weighted by atomic mass is 16.5. The first-order chi connectivity index (χ1) is 10.3. The first-order valence-corrected chi connectivity index (χ1v) is 8.54. The molecule has 1 amide bonds. The fraction of sp³-hybridized carbons (Fsp3) is 0.938. The van der Waals surface area contributed by atoms with Gasteiger partial charge in [-0.3, -0.25) is 4.79 Å². The normalized spacial score (nSPS) is 23.3. The molecule has 0 spiro atoms. The number of amides is 1. The van der Waals surface area contributed by atoms with Crippen LogP contribution in [0.25, 0.3) is 0 Å². The van der Waals surface area contributed by atoms with Gasteiger partial charge in [0.05, 0.1) is 6.54 Å². The molecule has 1 unspecified atom stereocenters. The summed E-state index contributed by atoms with van der Waals surface area (Å²) in [6, 6.07) is -0.0784. The van der Waals surface area contributed by atoms with Gasteiger partial charge in [-0.05, 0) is 38.0 Å². The molecule has 1 heterocycles. The van der Waals surface area contributed by atoms with Gasteiger partial charge in [0, 0.05) is 19.3 Å². The lowest BCUT2D eigenvalue weighted by Gasteiger charge is -2.24. The zero-order chi connectivity index (χ0) is 14.9. The van der Waals surface area contributed by atoms with Gasteiger partial charge in [0.15, 0.2) is 0 Å². The van der Waals surface area contributed by atoms with Gasteiger partial charge in [-0.15, -0.1) is 0 Å². The standard InChI is InChI=1S/C16H29N3O2/c1-2-15(16(20)18-14-8-10-21-11-9-14)19-17-12-13-6-4-3-5-7-13/h13-15H,2-12H2,1H3,(H,18,20). The quantitative estimate of drug-likeness (QED) is 0.765. The van der Waals surface area contributed by atoms with Crippen LogP contribution >= 0.6 is 0 Å². The Bertz CT molecular complexity index is 334. The van der Waals surface area contributed by atoms with Crippen LogP contribution in [0.15, 0.2) is 10.2 Å². The number of nitrogens with zero attached hydrogens (tertiary/aromatic N) is 2. The van der Waals surface area contributed by atoms with Crippen LogP contribution in [-0.4, -0.2) is 37.7 Å². The summed E-state index contributed by atoms with van der Waals surface area (Å²) in [5.41, 5.74) is 0. The number of hydrogen-bond donors (Lipinski definition) is 1. The Balaban J connectivity index is 1.73. The maximum absolute atomic E-state index is 12.2. The highest BCUT2D eigenvalue weighted by Crippen LogP contribution is 2.23. The smallest absolute Gasteiger partial charge is 0.246 e.